The van der Waals surface area contributed by atoms with Crippen molar-refractivity contribution in [2.24, 2.45) is 11.3 Å². The molecule has 1 aromatic rings. The molecule has 2 saturated heterocycles. The van der Waals surface area contributed by atoms with E-state index in [-0.39, 0.29) is 36.5 Å². The van der Waals surface area contributed by atoms with Crippen LogP contribution in [0.1, 0.15) is 37.7 Å². The highest BCUT2D eigenvalue weighted by atomic mass is 19.3. The molecule has 1 N–H and O–H groups in total. The normalized spacial score (nSPS) is 22.6. The maximum absolute atomic E-state index is 13.0. The first kappa shape index (κ1) is 21.1. The SMILES string of the molecule is O=C1CC2(CCN(C(=O)C3CC(F)(F)C3)CC2)CN1Cc1ccncc1.O=CO. The van der Waals surface area contributed by atoms with Crippen LogP contribution in [0.15, 0.2) is 24.5 Å². The van der Waals surface area contributed by atoms with Crippen LogP contribution in [0.2, 0.25) is 0 Å². The molecule has 0 bridgehead atoms. The molecule has 1 aromatic heterocycles. The van der Waals surface area contributed by atoms with Crippen molar-refractivity contribution in [3.8, 4) is 0 Å². The predicted molar refractivity (Wildman–Crippen MR) is 98.9 cm³/mol. The third-order valence-corrected chi connectivity index (χ3v) is 6.10. The Hall–Kier alpha value is -2.58. The molecule has 1 aliphatic carbocycles. The lowest BCUT2D eigenvalue weighted by Crippen LogP contribution is -2.50. The second kappa shape index (κ2) is 8.42. The second-order valence-electron chi connectivity index (χ2n) is 8.17. The number of amides is 2. The van der Waals surface area contributed by atoms with Gasteiger partial charge in [-0.3, -0.25) is 19.4 Å². The van der Waals surface area contributed by atoms with Crippen molar-refractivity contribution in [3.05, 3.63) is 30.1 Å². The van der Waals surface area contributed by atoms with E-state index < -0.39 is 11.8 Å². The van der Waals surface area contributed by atoms with Crippen LogP contribution in [-0.2, 0) is 20.9 Å². The summed E-state index contributed by atoms with van der Waals surface area (Å²) in [6, 6.07) is 3.82. The number of carbonyl (C=O) groups is 3. The van der Waals surface area contributed by atoms with E-state index in [1.807, 2.05) is 17.0 Å². The van der Waals surface area contributed by atoms with Crippen molar-refractivity contribution in [1.29, 1.82) is 0 Å². The van der Waals surface area contributed by atoms with Crippen LogP contribution in [0.25, 0.3) is 0 Å². The highest BCUT2D eigenvalue weighted by Crippen LogP contribution is 2.45. The molecular formula is C20H25F2N3O4. The molecule has 7 nitrogen and oxygen atoms in total. The maximum Gasteiger partial charge on any atom is 0.290 e. The molecule has 3 aliphatic rings. The number of aromatic nitrogens is 1. The fourth-order valence-electron chi connectivity index (χ4n) is 4.46. The summed E-state index contributed by atoms with van der Waals surface area (Å²) >= 11 is 0. The fraction of sp³-hybridized carbons (Fsp3) is 0.600. The molecule has 3 fully saturated rings. The van der Waals surface area contributed by atoms with E-state index in [9.17, 15) is 18.4 Å². The number of likely N-dealkylation sites (tertiary alicyclic amines) is 2. The smallest absolute Gasteiger partial charge is 0.290 e. The molecular weight excluding hydrogens is 384 g/mol. The number of piperidine rings is 1. The molecule has 0 aromatic carbocycles. The van der Waals surface area contributed by atoms with Gasteiger partial charge in [-0.15, -0.1) is 0 Å². The minimum Gasteiger partial charge on any atom is -0.483 e. The van der Waals surface area contributed by atoms with E-state index in [4.69, 9.17) is 9.90 Å². The van der Waals surface area contributed by atoms with E-state index >= 15 is 0 Å². The molecule has 4 rings (SSSR count). The van der Waals surface area contributed by atoms with E-state index in [1.54, 1.807) is 17.3 Å². The Balaban J connectivity index is 0.000000755. The summed E-state index contributed by atoms with van der Waals surface area (Å²) in [6.07, 6.45) is 4.86. The van der Waals surface area contributed by atoms with Gasteiger partial charge < -0.3 is 14.9 Å². The lowest BCUT2D eigenvalue weighted by Gasteiger charge is -2.42. The Morgan fingerprint density at radius 3 is 2.38 bits per heavy atom. The van der Waals surface area contributed by atoms with Gasteiger partial charge in [-0.25, -0.2) is 8.78 Å². The molecule has 0 atom stereocenters. The Bertz CT molecular complexity index is 743. The van der Waals surface area contributed by atoms with Gasteiger partial charge in [0, 0.05) is 69.2 Å². The Kier molecular flexibility index (Phi) is 6.14. The summed E-state index contributed by atoms with van der Waals surface area (Å²) in [7, 11) is 0. The first-order valence-electron chi connectivity index (χ1n) is 9.69. The van der Waals surface area contributed by atoms with Crippen molar-refractivity contribution in [2.75, 3.05) is 19.6 Å². The highest BCUT2D eigenvalue weighted by molar-refractivity contribution is 5.81. The van der Waals surface area contributed by atoms with Gasteiger partial charge in [-0.05, 0) is 30.5 Å². The number of rotatable bonds is 3. The van der Waals surface area contributed by atoms with Gasteiger partial charge in [0.05, 0.1) is 0 Å². The van der Waals surface area contributed by atoms with Crippen molar-refractivity contribution >= 4 is 18.3 Å². The monoisotopic (exact) mass is 409 g/mol. The summed E-state index contributed by atoms with van der Waals surface area (Å²) in [5.41, 5.74) is 0.980. The fourth-order valence-corrected chi connectivity index (χ4v) is 4.46. The molecule has 9 heteroatoms. The first-order valence-corrected chi connectivity index (χ1v) is 9.69. The molecule has 29 heavy (non-hydrogen) atoms. The number of halogens is 2. The third-order valence-electron chi connectivity index (χ3n) is 6.10. The molecule has 2 amide bonds. The standard InChI is InChI=1S/C19H23F2N3O2.CH2O2/c20-19(21)9-15(10-19)17(26)23-7-3-18(4-8-23)11-16(25)24(13-18)12-14-1-5-22-6-2-14;2-1-3/h1-2,5-6,15H,3-4,7-13H2;1H,(H,2,3). The van der Waals surface area contributed by atoms with Gasteiger partial charge in [0.15, 0.2) is 0 Å². The van der Waals surface area contributed by atoms with Crippen LogP contribution >= 0.6 is 0 Å². The first-order chi connectivity index (χ1) is 13.8. The molecule has 0 radical (unpaired) electrons. The van der Waals surface area contributed by atoms with Crippen LogP contribution in [0, 0.1) is 11.3 Å². The molecule has 1 spiro atoms. The van der Waals surface area contributed by atoms with Crippen LogP contribution < -0.4 is 0 Å². The third kappa shape index (κ3) is 4.89. The number of alkyl halides is 2. The van der Waals surface area contributed by atoms with Crippen molar-refractivity contribution in [2.45, 2.75) is 44.6 Å². The van der Waals surface area contributed by atoms with E-state index in [1.165, 1.54) is 0 Å². The number of pyridine rings is 1. The van der Waals surface area contributed by atoms with Crippen LogP contribution in [0.4, 0.5) is 8.78 Å². The minimum absolute atomic E-state index is 0.0789. The van der Waals surface area contributed by atoms with E-state index in [2.05, 4.69) is 4.98 Å². The predicted octanol–water partition coefficient (Wildman–Crippen LogP) is 2.17. The summed E-state index contributed by atoms with van der Waals surface area (Å²) in [5.74, 6) is -3.17. The largest absolute Gasteiger partial charge is 0.483 e. The average molecular weight is 409 g/mol. The van der Waals surface area contributed by atoms with E-state index in [0.717, 1.165) is 18.4 Å². The van der Waals surface area contributed by atoms with Gasteiger partial charge in [0.1, 0.15) is 0 Å². The molecule has 2 aliphatic heterocycles. The number of nitrogens with zero attached hydrogens (tertiary/aromatic N) is 3. The highest BCUT2D eigenvalue weighted by Gasteiger charge is 2.51. The Labute approximate surface area is 167 Å². The summed E-state index contributed by atoms with van der Waals surface area (Å²) < 4.78 is 26.0. The number of hydrogen-bond donors (Lipinski definition) is 1. The lowest BCUT2D eigenvalue weighted by molar-refractivity contribution is -0.161. The zero-order valence-electron chi connectivity index (χ0n) is 16.1. The Morgan fingerprint density at radius 1 is 1.24 bits per heavy atom. The van der Waals surface area contributed by atoms with Crippen molar-refractivity contribution < 1.29 is 28.3 Å². The Morgan fingerprint density at radius 2 is 1.83 bits per heavy atom. The van der Waals surface area contributed by atoms with Crippen LogP contribution in [-0.4, -0.2) is 63.7 Å². The van der Waals surface area contributed by atoms with Gasteiger partial charge in [0.25, 0.3) is 6.47 Å². The molecule has 0 unspecified atom stereocenters. The summed E-state index contributed by atoms with van der Waals surface area (Å²) in [6.45, 7) is 2.18. The van der Waals surface area contributed by atoms with Gasteiger partial charge in [-0.1, -0.05) is 0 Å². The summed E-state index contributed by atoms with van der Waals surface area (Å²) in [4.78, 5) is 40.8. The second-order valence-corrected chi connectivity index (χ2v) is 8.17. The zero-order chi connectivity index (χ0) is 21.1. The summed E-state index contributed by atoms with van der Waals surface area (Å²) in [5, 5.41) is 6.89. The van der Waals surface area contributed by atoms with E-state index in [0.29, 0.717) is 32.6 Å². The number of carboxylic acid groups (broad SMARTS) is 1. The van der Waals surface area contributed by atoms with Crippen LogP contribution in [0.5, 0.6) is 0 Å². The minimum atomic E-state index is -2.66. The quantitative estimate of drug-likeness (QED) is 0.773. The van der Waals surface area contributed by atoms with Gasteiger partial charge in [0.2, 0.25) is 17.7 Å². The van der Waals surface area contributed by atoms with Crippen molar-refractivity contribution in [3.63, 3.8) is 0 Å². The zero-order valence-corrected chi connectivity index (χ0v) is 16.1. The molecule has 1 saturated carbocycles. The average Bonchev–Trinajstić information content (AvgIpc) is 2.96. The number of carbonyl (C=O) groups excluding carboxylic acids is 2. The van der Waals surface area contributed by atoms with Gasteiger partial charge >= 0.3 is 0 Å². The van der Waals surface area contributed by atoms with Crippen molar-refractivity contribution in [1.82, 2.24) is 14.8 Å². The van der Waals surface area contributed by atoms with Crippen LogP contribution in [0.3, 0.4) is 0 Å². The number of hydrogen-bond acceptors (Lipinski definition) is 4. The maximum atomic E-state index is 13.0. The molecule has 158 valence electrons. The van der Waals surface area contributed by atoms with Gasteiger partial charge in [-0.2, -0.15) is 0 Å². The lowest BCUT2D eigenvalue weighted by atomic mass is 9.76. The molecule has 3 heterocycles. The topological polar surface area (TPSA) is 90.8 Å².